The number of esters is 1. The average Bonchev–Trinajstić information content (AvgIpc) is 3.06. The number of nitrogens with one attached hydrogen (secondary N) is 2. The van der Waals surface area contributed by atoms with Crippen LogP contribution in [0.1, 0.15) is 43.0 Å². The zero-order valence-corrected chi connectivity index (χ0v) is 13.2. The smallest absolute Gasteiger partial charge is 0.328 e. The van der Waals surface area contributed by atoms with Gasteiger partial charge in [0.15, 0.2) is 6.61 Å². The molecule has 1 aromatic rings. The molecule has 1 aliphatic rings. The average molecular weight is 318 g/mol. The van der Waals surface area contributed by atoms with Gasteiger partial charge in [0.25, 0.3) is 11.8 Å². The second kappa shape index (κ2) is 8.31. The van der Waals surface area contributed by atoms with Crippen molar-refractivity contribution in [2.24, 2.45) is 0 Å². The Labute approximate surface area is 135 Å². The number of hydrogen-bond donors (Lipinski definition) is 2. The van der Waals surface area contributed by atoms with E-state index < -0.39 is 12.0 Å². The first-order valence-corrected chi connectivity index (χ1v) is 7.88. The van der Waals surface area contributed by atoms with Crippen LogP contribution in [0.15, 0.2) is 30.3 Å². The van der Waals surface area contributed by atoms with Crippen molar-refractivity contribution in [3.63, 3.8) is 0 Å². The molecule has 1 aromatic carbocycles. The molecule has 2 amide bonds. The Morgan fingerprint density at radius 3 is 2.48 bits per heavy atom. The molecule has 0 bridgehead atoms. The van der Waals surface area contributed by atoms with Gasteiger partial charge in [0.1, 0.15) is 6.04 Å². The summed E-state index contributed by atoms with van der Waals surface area (Å²) >= 11 is 0. The summed E-state index contributed by atoms with van der Waals surface area (Å²) in [6, 6.07) is 7.97. The molecule has 0 radical (unpaired) electrons. The molecule has 1 saturated carbocycles. The number of amides is 2. The first-order chi connectivity index (χ1) is 11.1. The van der Waals surface area contributed by atoms with Crippen molar-refractivity contribution in [3.05, 3.63) is 35.9 Å². The maximum Gasteiger partial charge on any atom is 0.328 e. The first-order valence-electron chi connectivity index (χ1n) is 7.88. The Bertz CT molecular complexity index is 553. The largest absolute Gasteiger partial charge is 0.454 e. The lowest BCUT2D eigenvalue weighted by Gasteiger charge is -2.15. The molecule has 6 nitrogen and oxygen atoms in total. The molecule has 6 heteroatoms. The molecule has 124 valence electrons. The third kappa shape index (κ3) is 5.39. The maximum absolute atomic E-state index is 11.9. The topological polar surface area (TPSA) is 84.5 Å². The zero-order valence-electron chi connectivity index (χ0n) is 13.2. The SMILES string of the molecule is C[C@H](NC(=O)c1ccccc1)C(=O)OCC(=O)NC1CCCC1. The second-order valence-electron chi connectivity index (χ2n) is 5.72. The van der Waals surface area contributed by atoms with E-state index in [1.165, 1.54) is 6.92 Å². The van der Waals surface area contributed by atoms with Crippen LogP contribution < -0.4 is 10.6 Å². The molecule has 1 atom stereocenters. The van der Waals surface area contributed by atoms with Crippen molar-refractivity contribution in [3.8, 4) is 0 Å². The molecule has 0 aliphatic heterocycles. The molecule has 2 N–H and O–H groups in total. The number of ether oxygens (including phenoxy) is 1. The van der Waals surface area contributed by atoms with Crippen molar-refractivity contribution in [1.29, 1.82) is 0 Å². The summed E-state index contributed by atoms with van der Waals surface area (Å²) in [6.45, 7) is 1.21. The van der Waals surface area contributed by atoms with Gasteiger partial charge in [-0.3, -0.25) is 9.59 Å². The number of rotatable bonds is 6. The molecular weight excluding hydrogens is 296 g/mol. The maximum atomic E-state index is 11.9. The lowest BCUT2D eigenvalue weighted by Crippen LogP contribution is -2.42. The molecule has 2 rings (SSSR count). The number of benzene rings is 1. The molecule has 23 heavy (non-hydrogen) atoms. The summed E-state index contributed by atoms with van der Waals surface area (Å²) in [5, 5.41) is 5.38. The highest BCUT2D eigenvalue weighted by Gasteiger charge is 2.21. The molecule has 1 aliphatic carbocycles. The van der Waals surface area contributed by atoms with Crippen molar-refractivity contribution < 1.29 is 19.1 Å². The van der Waals surface area contributed by atoms with Gasteiger partial charge < -0.3 is 15.4 Å². The van der Waals surface area contributed by atoms with E-state index in [2.05, 4.69) is 10.6 Å². The van der Waals surface area contributed by atoms with Crippen molar-refractivity contribution in [1.82, 2.24) is 10.6 Å². The van der Waals surface area contributed by atoms with E-state index in [1.807, 2.05) is 0 Å². The fraction of sp³-hybridized carbons (Fsp3) is 0.471. The molecule has 0 spiro atoms. The monoisotopic (exact) mass is 318 g/mol. The lowest BCUT2D eigenvalue weighted by atomic mass is 10.2. The summed E-state index contributed by atoms with van der Waals surface area (Å²) < 4.78 is 4.95. The van der Waals surface area contributed by atoms with Crippen LogP contribution in [-0.4, -0.2) is 36.5 Å². The van der Waals surface area contributed by atoms with E-state index in [4.69, 9.17) is 4.74 Å². The third-order valence-electron chi connectivity index (χ3n) is 3.80. The Morgan fingerprint density at radius 1 is 1.17 bits per heavy atom. The lowest BCUT2D eigenvalue weighted by molar-refractivity contribution is -0.150. The van der Waals surface area contributed by atoms with E-state index in [9.17, 15) is 14.4 Å². The molecule has 0 aromatic heterocycles. The minimum Gasteiger partial charge on any atom is -0.454 e. The molecule has 0 unspecified atom stereocenters. The predicted molar refractivity (Wildman–Crippen MR) is 84.7 cm³/mol. The molecule has 0 heterocycles. The number of carbonyl (C=O) groups excluding carboxylic acids is 3. The van der Waals surface area contributed by atoms with Gasteiger partial charge in [-0.1, -0.05) is 31.0 Å². The van der Waals surface area contributed by atoms with Gasteiger partial charge in [-0.05, 0) is 31.9 Å². The summed E-state index contributed by atoms with van der Waals surface area (Å²) in [7, 11) is 0. The Hall–Kier alpha value is -2.37. The van der Waals surface area contributed by atoms with Gasteiger partial charge in [-0.2, -0.15) is 0 Å². The highest BCUT2D eigenvalue weighted by atomic mass is 16.5. The fourth-order valence-corrected chi connectivity index (χ4v) is 2.53. The van der Waals surface area contributed by atoms with Crippen LogP contribution in [0.3, 0.4) is 0 Å². The van der Waals surface area contributed by atoms with E-state index in [0.717, 1.165) is 25.7 Å². The van der Waals surface area contributed by atoms with Crippen molar-refractivity contribution in [2.45, 2.75) is 44.7 Å². The Balaban J connectivity index is 1.72. The van der Waals surface area contributed by atoms with E-state index in [1.54, 1.807) is 30.3 Å². The van der Waals surface area contributed by atoms with Gasteiger partial charge in [0, 0.05) is 11.6 Å². The van der Waals surface area contributed by atoms with Crippen LogP contribution in [0.4, 0.5) is 0 Å². The van der Waals surface area contributed by atoms with Crippen LogP contribution in [0.2, 0.25) is 0 Å². The Morgan fingerprint density at radius 2 is 1.83 bits per heavy atom. The molecular formula is C17H22N2O4. The fourth-order valence-electron chi connectivity index (χ4n) is 2.53. The zero-order chi connectivity index (χ0) is 16.7. The number of carbonyl (C=O) groups is 3. The predicted octanol–water partition coefficient (Wildman–Crippen LogP) is 1.41. The van der Waals surface area contributed by atoms with Crippen molar-refractivity contribution in [2.75, 3.05) is 6.61 Å². The van der Waals surface area contributed by atoms with Crippen LogP contribution >= 0.6 is 0 Å². The summed E-state index contributed by atoms with van der Waals surface area (Å²) in [6.07, 6.45) is 4.19. The van der Waals surface area contributed by atoms with Gasteiger partial charge >= 0.3 is 5.97 Å². The minimum absolute atomic E-state index is 0.191. The second-order valence-corrected chi connectivity index (χ2v) is 5.72. The summed E-state index contributed by atoms with van der Waals surface area (Å²) in [5.41, 5.74) is 0.464. The highest BCUT2D eigenvalue weighted by Crippen LogP contribution is 2.17. The molecule has 1 fully saturated rings. The standard InChI is InChI=1S/C17H22N2O4/c1-12(18-16(21)13-7-3-2-4-8-13)17(22)23-11-15(20)19-14-9-5-6-10-14/h2-4,7-8,12,14H,5-6,9-11H2,1H3,(H,18,21)(H,19,20)/t12-/m0/s1. The van der Waals surface area contributed by atoms with Crippen LogP contribution in [0.5, 0.6) is 0 Å². The first kappa shape index (κ1) is 17.0. The number of hydrogen-bond acceptors (Lipinski definition) is 4. The Kier molecular flexibility index (Phi) is 6.14. The van der Waals surface area contributed by atoms with Gasteiger partial charge in [-0.15, -0.1) is 0 Å². The third-order valence-corrected chi connectivity index (χ3v) is 3.80. The van der Waals surface area contributed by atoms with E-state index in [-0.39, 0.29) is 24.5 Å². The van der Waals surface area contributed by atoms with Gasteiger partial charge in [-0.25, -0.2) is 4.79 Å². The van der Waals surface area contributed by atoms with Crippen LogP contribution in [0, 0.1) is 0 Å². The van der Waals surface area contributed by atoms with Gasteiger partial charge in [0.2, 0.25) is 0 Å². The van der Waals surface area contributed by atoms with E-state index >= 15 is 0 Å². The van der Waals surface area contributed by atoms with Gasteiger partial charge in [0.05, 0.1) is 0 Å². The quantitative estimate of drug-likeness (QED) is 0.777. The summed E-state index contributed by atoms with van der Waals surface area (Å²) in [4.78, 5) is 35.5. The van der Waals surface area contributed by atoms with E-state index in [0.29, 0.717) is 5.56 Å². The van der Waals surface area contributed by atoms with Crippen molar-refractivity contribution >= 4 is 17.8 Å². The molecule has 0 saturated heterocycles. The van der Waals surface area contributed by atoms with Crippen LogP contribution in [0.25, 0.3) is 0 Å². The van der Waals surface area contributed by atoms with Crippen LogP contribution in [-0.2, 0) is 14.3 Å². The normalized spacial score (nSPS) is 15.7. The highest BCUT2D eigenvalue weighted by molar-refractivity contribution is 5.96. The summed E-state index contributed by atoms with van der Waals surface area (Å²) in [5.74, 6) is -1.28. The minimum atomic E-state index is -0.818.